The molecule has 4 aromatic carbocycles. The van der Waals surface area contributed by atoms with Crippen molar-refractivity contribution in [2.24, 2.45) is 0 Å². The maximum atomic E-state index is 7.35. The molecular weight excluding hydrogens is 753 g/mol. The maximum absolute atomic E-state index is 7.35. The van der Waals surface area contributed by atoms with E-state index < -0.39 is 0 Å². The molecule has 4 unspecified atom stereocenters. The van der Waals surface area contributed by atoms with E-state index in [0.29, 0.717) is 0 Å². The zero-order chi connectivity index (χ0) is 41.9. The monoisotopic (exact) mass is 796 g/mol. The summed E-state index contributed by atoms with van der Waals surface area (Å²) >= 11 is 0. The van der Waals surface area contributed by atoms with Gasteiger partial charge in [-0.2, -0.15) is 0 Å². The van der Waals surface area contributed by atoms with Crippen LogP contribution >= 0.6 is 0 Å². The predicted molar refractivity (Wildman–Crippen MR) is 248 cm³/mol. The highest BCUT2D eigenvalue weighted by molar-refractivity contribution is 5.72. The highest BCUT2D eigenvalue weighted by atomic mass is 16.3. The van der Waals surface area contributed by atoms with Crippen LogP contribution in [0.3, 0.4) is 0 Å². The van der Waals surface area contributed by atoms with Crippen molar-refractivity contribution >= 4 is 0 Å². The van der Waals surface area contributed by atoms with E-state index in [2.05, 4.69) is 208 Å². The fourth-order valence-electron chi connectivity index (χ4n) is 9.62. The van der Waals surface area contributed by atoms with Crippen molar-refractivity contribution in [3.8, 4) is 0 Å². The molecule has 0 saturated carbocycles. The van der Waals surface area contributed by atoms with E-state index in [9.17, 15) is 0 Å². The first-order valence-electron chi connectivity index (χ1n) is 21.5. The van der Waals surface area contributed by atoms with Gasteiger partial charge in [0.25, 0.3) is 0 Å². The molecule has 0 N–H and O–H groups in total. The highest BCUT2D eigenvalue weighted by Crippen LogP contribution is 2.53. The molecule has 2 heteroatoms. The van der Waals surface area contributed by atoms with E-state index >= 15 is 0 Å². The van der Waals surface area contributed by atoms with Crippen LogP contribution in [0, 0.1) is 27.7 Å². The number of hydrogen-bond acceptors (Lipinski definition) is 2. The number of benzene rings is 4. The normalized spacial score (nSPS) is 20.7. The van der Waals surface area contributed by atoms with Crippen LogP contribution in [0.2, 0.25) is 0 Å². The lowest BCUT2D eigenvalue weighted by Gasteiger charge is -2.22. The molecule has 2 nitrogen and oxygen atoms in total. The molecule has 6 aromatic rings. The van der Waals surface area contributed by atoms with Gasteiger partial charge in [0, 0.05) is 44.6 Å². The van der Waals surface area contributed by atoms with Gasteiger partial charge in [-0.1, -0.05) is 156 Å². The van der Waals surface area contributed by atoms with E-state index in [1.165, 1.54) is 22.3 Å². The highest BCUT2D eigenvalue weighted by Gasteiger charge is 2.40. The summed E-state index contributed by atoms with van der Waals surface area (Å²) in [6.45, 7) is 8.54. The molecule has 5 aliphatic rings. The van der Waals surface area contributed by atoms with Gasteiger partial charge in [-0.05, 0) is 86.4 Å². The Labute approximate surface area is 363 Å². The minimum atomic E-state index is -0.273. The fraction of sp³-hybridized carbons (Fsp3) is 0.133. The Morgan fingerprint density at radius 3 is 0.935 bits per heavy atom. The largest absolute Gasteiger partial charge is 0.464 e. The van der Waals surface area contributed by atoms with Crippen LogP contribution in [0.15, 0.2) is 246 Å². The van der Waals surface area contributed by atoms with Crippen molar-refractivity contribution in [1.82, 2.24) is 0 Å². The Kier molecular flexibility index (Phi) is 9.18. The molecule has 2 aromatic heterocycles. The van der Waals surface area contributed by atoms with E-state index in [1.54, 1.807) is 0 Å². The molecule has 0 fully saturated rings. The Morgan fingerprint density at radius 2 is 0.629 bits per heavy atom. The SMILES string of the molecule is Cc1ccc(C2C3=C=C(C4=CC=CC=C=C34)C(c3ccc(C)cc3)c3ccc(o3)C(c3ccc(C)cc3)C3=C=C(C4=CC=CC=C=C34)C(c3ccc(C)cc3)c3ccc2o3)cc1. The van der Waals surface area contributed by atoms with Crippen LogP contribution in [0.4, 0.5) is 0 Å². The van der Waals surface area contributed by atoms with E-state index in [0.717, 1.165) is 89.9 Å². The van der Waals surface area contributed by atoms with Crippen molar-refractivity contribution in [3.05, 3.63) is 305 Å². The van der Waals surface area contributed by atoms with Crippen molar-refractivity contribution in [3.63, 3.8) is 0 Å². The van der Waals surface area contributed by atoms with Gasteiger partial charge in [0.05, 0.1) is 23.7 Å². The maximum Gasteiger partial charge on any atom is 0.116 e. The summed E-state index contributed by atoms with van der Waals surface area (Å²) in [6.07, 6.45) is 16.8. The molecule has 0 saturated heterocycles. The van der Waals surface area contributed by atoms with Gasteiger partial charge in [0.2, 0.25) is 0 Å². The first kappa shape index (κ1) is 37.5. The van der Waals surface area contributed by atoms with Crippen molar-refractivity contribution in [2.75, 3.05) is 0 Å². The lowest BCUT2D eigenvalue weighted by atomic mass is 9.82. The molecule has 3 heterocycles. The second-order valence-corrected chi connectivity index (χ2v) is 17.1. The standard InChI is InChI=1S/C60H44O2/c1-37-15-23-41(24-16-37)57-49-35-50(46-12-8-5-7-11-45(46)49)58(42-25-17-38(2)18-26-42)55-33-34-56(62-55)60(44-29-21-40(4)22-30-44)52-36-51(47-13-9-6-10-14-48(47)52)59(54-32-31-53(57)61-54)43-27-19-39(3)20-28-43/h5-11,14-34,57-60H,1-4H3. The van der Waals surface area contributed by atoms with Crippen LogP contribution < -0.4 is 0 Å². The van der Waals surface area contributed by atoms with Crippen LogP contribution in [0.1, 0.15) is 91.2 Å². The molecule has 0 amide bonds. The molecule has 1 aliphatic heterocycles. The average molecular weight is 797 g/mol. The predicted octanol–water partition coefficient (Wildman–Crippen LogP) is 14.4. The van der Waals surface area contributed by atoms with Crippen molar-refractivity contribution < 1.29 is 8.83 Å². The Morgan fingerprint density at radius 1 is 0.339 bits per heavy atom. The summed E-state index contributed by atoms with van der Waals surface area (Å²) < 4.78 is 14.7. The molecule has 11 rings (SSSR count). The fourth-order valence-corrected chi connectivity index (χ4v) is 9.62. The van der Waals surface area contributed by atoms with Crippen molar-refractivity contribution in [1.29, 1.82) is 0 Å². The molecule has 4 atom stereocenters. The zero-order valence-corrected chi connectivity index (χ0v) is 35.3. The number of furan rings is 2. The first-order valence-corrected chi connectivity index (χ1v) is 21.5. The zero-order valence-electron chi connectivity index (χ0n) is 35.3. The van der Waals surface area contributed by atoms with Crippen LogP contribution in [-0.4, -0.2) is 0 Å². The van der Waals surface area contributed by atoms with Gasteiger partial charge < -0.3 is 8.83 Å². The Bertz CT molecular complexity index is 3000. The van der Waals surface area contributed by atoms with E-state index in [-0.39, 0.29) is 23.7 Å². The third-order valence-corrected chi connectivity index (χ3v) is 12.8. The van der Waals surface area contributed by atoms with Crippen LogP contribution in [0.25, 0.3) is 0 Å². The Hall–Kier alpha value is -7.52. The number of fused-ring (bicyclic) bond motifs is 10. The summed E-state index contributed by atoms with van der Waals surface area (Å²) in [4.78, 5) is 0. The quantitative estimate of drug-likeness (QED) is 0.166. The molecule has 4 aliphatic carbocycles. The summed E-state index contributed by atoms with van der Waals surface area (Å²) in [5.74, 6) is 2.32. The molecule has 296 valence electrons. The molecule has 62 heavy (non-hydrogen) atoms. The molecule has 0 radical (unpaired) electrons. The lowest BCUT2D eigenvalue weighted by Crippen LogP contribution is -2.08. The van der Waals surface area contributed by atoms with Gasteiger partial charge in [-0.25, -0.2) is 0 Å². The third-order valence-electron chi connectivity index (χ3n) is 12.8. The molecule has 0 spiro atoms. The number of allylic oxidation sites excluding steroid dienone is 12. The summed E-state index contributed by atoms with van der Waals surface area (Å²) in [7, 11) is 0. The summed E-state index contributed by atoms with van der Waals surface area (Å²) in [6, 6.07) is 44.1. The lowest BCUT2D eigenvalue weighted by molar-refractivity contribution is 0.454. The number of rotatable bonds is 4. The van der Waals surface area contributed by atoms with Gasteiger partial charge in [-0.3, -0.25) is 0 Å². The minimum Gasteiger partial charge on any atom is -0.464 e. The average Bonchev–Trinajstić information content (AvgIpc) is 4.02. The van der Waals surface area contributed by atoms with Gasteiger partial charge in [0.15, 0.2) is 0 Å². The second-order valence-electron chi connectivity index (χ2n) is 17.1. The van der Waals surface area contributed by atoms with E-state index in [4.69, 9.17) is 8.83 Å². The summed E-state index contributed by atoms with van der Waals surface area (Å²) in [5.41, 5.74) is 33.2. The smallest absolute Gasteiger partial charge is 0.116 e. The van der Waals surface area contributed by atoms with Crippen LogP contribution in [0.5, 0.6) is 0 Å². The topological polar surface area (TPSA) is 26.3 Å². The van der Waals surface area contributed by atoms with Crippen LogP contribution in [-0.2, 0) is 0 Å². The number of aryl methyl sites for hydroxylation is 4. The van der Waals surface area contributed by atoms with Crippen molar-refractivity contribution in [2.45, 2.75) is 51.4 Å². The van der Waals surface area contributed by atoms with Gasteiger partial charge in [-0.15, -0.1) is 22.9 Å². The van der Waals surface area contributed by atoms with E-state index in [1.807, 2.05) is 12.2 Å². The summed E-state index contributed by atoms with van der Waals surface area (Å²) in [5, 5.41) is 0. The van der Waals surface area contributed by atoms with Gasteiger partial charge in [0.1, 0.15) is 23.0 Å². The molecule has 8 bridgehead atoms. The first-order chi connectivity index (χ1) is 30.4. The molecular formula is C60H44O2. The second kappa shape index (κ2) is 15.2. The Balaban J connectivity index is 1.26. The van der Waals surface area contributed by atoms with Gasteiger partial charge >= 0.3 is 0 Å². The number of hydrogen-bond donors (Lipinski definition) is 0. The third kappa shape index (κ3) is 6.48. The minimum absolute atomic E-state index is 0.264.